The molecule has 0 aromatic carbocycles. The Labute approximate surface area is 100 Å². The van der Waals surface area contributed by atoms with Crippen molar-refractivity contribution in [1.82, 2.24) is 10.3 Å². The number of hydrogen-bond acceptors (Lipinski definition) is 4. The third kappa shape index (κ3) is 1.90. The van der Waals surface area contributed by atoms with Crippen LogP contribution in [-0.2, 0) is 10.3 Å². The van der Waals surface area contributed by atoms with E-state index in [0.717, 1.165) is 12.5 Å². The molecule has 1 atom stereocenters. The summed E-state index contributed by atoms with van der Waals surface area (Å²) in [5.74, 6) is 0.721. The maximum atomic E-state index is 5.47. The van der Waals surface area contributed by atoms with Crippen LogP contribution in [0.4, 0.5) is 0 Å². The molecule has 1 N–H and O–H groups in total. The average Bonchev–Trinajstić information content (AvgIpc) is 3.19. The van der Waals surface area contributed by atoms with Crippen molar-refractivity contribution in [1.29, 1.82) is 0 Å². The minimum Gasteiger partial charge on any atom is -0.382 e. The molecular weight excluding hydrogens is 220 g/mol. The van der Waals surface area contributed by atoms with Crippen molar-refractivity contribution in [3.63, 3.8) is 0 Å². The number of nitrogens with one attached hydrogen (secondary N) is 1. The van der Waals surface area contributed by atoms with Crippen molar-refractivity contribution in [2.24, 2.45) is 5.92 Å². The highest BCUT2D eigenvalue weighted by molar-refractivity contribution is 7.09. The van der Waals surface area contributed by atoms with Crippen molar-refractivity contribution in [2.75, 3.05) is 13.7 Å². The summed E-state index contributed by atoms with van der Waals surface area (Å²) in [7, 11) is 1.79. The molecule has 0 amide bonds. The summed E-state index contributed by atoms with van der Waals surface area (Å²) < 4.78 is 5.47. The molecule has 3 rings (SSSR count). The number of aromatic nitrogens is 1. The summed E-state index contributed by atoms with van der Waals surface area (Å²) in [5, 5.41) is 7.07. The van der Waals surface area contributed by atoms with E-state index < -0.39 is 0 Å². The van der Waals surface area contributed by atoms with Gasteiger partial charge in [-0.3, -0.25) is 0 Å². The second-order valence-electron chi connectivity index (χ2n) is 4.93. The van der Waals surface area contributed by atoms with Crippen LogP contribution in [0.3, 0.4) is 0 Å². The Morgan fingerprint density at radius 1 is 1.50 bits per heavy atom. The van der Waals surface area contributed by atoms with Crippen LogP contribution in [0.5, 0.6) is 0 Å². The molecular formula is C12H18N2OS. The Kier molecular flexibility index (Phi) is 2.73. The monoisotopic (exact) mass is 238 g/mol. The lowest BCUT2D eigenvalue weighted by Gasteiger charge is -2.33. The number of hydrogen-bond donors (Lipinski definition) is 1. The lowest BCUT2D eigenvalue weighted by Crippen LogP contribution is -2.49. The smallest absolute Gasteiger partial charge is 0.115 e. The zero-order chi connectivity index (χ0) is 11.0. The van der Waals surface area contributed by atoms with Gasteiger partial charge in [-0.25, -0.2) is 4.98 Å². The molecule has 2 fully saturated rings. The van der Waals surface area contributed by atoms with Gasteiger partial charge in [-0.15, -0.1) is 11.3 Å². The fourth-order valence-corrected chi connectivity index (χ4v) is 3.28. The Hall–Kier alpha value is -0.450. The van der Waals surface area contributed by atoms with Gasteiger partial charge in [0.1, 0.15) is 5.01 Å². The lowest BCUT2D eigenvalue weighted by atomic mass is 9.94. The number of rotatable bonds is 6. The third-order valence-corrected chi connectivity index (χ3v) is 4.45. The van der Waals surface area contributed by atoms with Crippen LogP contribution in [-0.4, -0.2) is 24.7 Å². The van der Waals surface area contributed by atoms with E-state index in [1.165, 1.54) is 30.7 Å². The molecule has 0 bridgehead atoms. The molecule has 3 nitrogen and oxygen atoms in total. The molecule has 16 heavy (non-hydrogen) atoms. The Bertz CT molecular complexity index is 346. The molecule has 0 saturated heterocycles. The fraction of sp³-hybridized carbons (Fsp3) is 0.750. The van der Waals surface area contributed by atoms with Crippen molar-refractivity contribution < 1.29 is 4.74 Å². The quantitative estimate of drug-likeness (QED) is 0.824. The van der Waals surface area contributed by atoms with Gasteiger partial charge in [-0.1, -0.05) is 0 Å². The predicted molar refractivity (Wildman–Crippen MR) is 64.5 cm³/mol. The molecule has 1 aromatic rings. The standard InChI is InChI=1S/C12H18N2OS/c1-15-8-12(9-2-3-9,14-10-4-5-10)11-13-6-7-16-11/h6-7,9-10,14H,2-5,8H2,1H3. The molecule has 4 heteroatoms. The maximum Gasteiger partial charge on any atom is 0.115 e. The van der Waals surface area contributed by atoms with Gasteiger partial charge in [0, 0.05) is 24.7 Å². The minimum atomic E-state index is 0.00405. The summed E-state index contributed by atoms with van der Waals surface area (Å²) >= 11 is 1.75. The van der Waals surface area contributed by atoms with Gasteiger partial charge in [0.05, 0.1) is 12.1 Å². The number of methoxy groups -OCH3 is 1. The van der Waals surface area contributed by atoms with E-state index in [-0.39, 0.29) is 5.54 Å². The first-order chi connectivity index (χ1) is 7.85. The van der Waals surface area contributed by atoms with Crippen LogP contribution in [0.1, 0.15) is 30.7 Å². The molecule has 1 aromatic heterocycles. The first kappa shape index (κ1) is 10.7. The van der Waals surface area contributed by atoms with Gasteiger partial charge in [0.25, 0.3) is 0 Å². The van der Waals surface area contributed by atoms with Crippen LogP contribution in [0.2, 0.25) is 0 Å². The van der Waals surface area contributed by atoms with Crippen molar-refractivity contribution in [3.8, 4) is 0 Å². The van der Waals surface area contributed by atoms with E-state index in [2.05, 4.69) is 15.7 Å². The third-order valence-electron chi connectivity index (χ3n) is 3.50. The van der Waals surface area contributed by atoms with Crippen LogP contribution in [0, 0.1) is 5.92 Å². The molecule has 2 saturated carbocycles. The molecule has 0 spiro atoms. The summed E-state index contributed by atoms with van der Waals surface area (Å²) in [5.41, 5.74) is 0.00405. The van der Waals surface area contributed by atoms with Crippen molar-refractivity contribution in [2.45, 2.75) is 37.3 Å². The number of thiazole rings is 1. The van der Waals surface area contributed by atoms with Crippen LogP contribution < -0.4 is 5.32 Å². The Balaban J connectivity index is 1.88. The summed E-state index contributed by atoms with van der Waals surface area (Å²) in [6.45, 7) is 0.752. The van der Waals surface area contributed by atoms with Gasteiger partial charge < -0.3 is 10.1 Å². The fourth-order valence-electron chi connectivity index (χ4n) is 2.41. The summed E-state index contributed by atoms with van der Waals surface area (Å²) in [4.78, 5) is 4.53. The first-order valence-corrected chi connectivity index (χ1v) is 6.90. The highest BCUT2D eigenvalue weighted by Gasteiger charge is 2.50. The summed E-state index contributed by atoms with van der Waals surface area (Å²) in [6.07, 6.45) is 7.14. The van der Waals surface area contributed by atoms with Gasteiger partial charge in [-0.2, -0.15) is 0 Å². The average molecular weight is 238 g/mol. The highest BCUT2D eigenvalue weighted by Crippen LogP contribution is 2.48. The van der Waals surface area contributed by atoms with Gasteiger partial charge in [0.15, 0.2) is 0 Å². The number of ether oxygens (including phenoxy) is 1. The van der Waals surface area contributed by atoms with E-state index >= 15 is 0 Å². The van der Waals surface area contributed by atoms with Crippen LogP contribution >= 0.6 is 11.3 Å². The Morgan fingerprint density at radius 2 is 2.31 bits per heavy atom. The van der Waals surface area contributed by atoms with E-state index in [1.54, 1.807) is 18.4 Å². The van der Waals surface area contributed by atoms with Crippen LogP contribution in [0.15, 0.2) is 11.6 Å². The highest BCUT2D eigenvalue weighted by atomic mass is 32.1. The van der Waals surface area contributed by atoms with Crippen molar-refractivity contribution in [3.05, 3.63) is 16.6 Å². The molecule has 0 radical (unpaired) electrons. The minimum absolute atomic E-state index is 0.00405. The summed E-state index contributed by atoms with van der Waals surface area (Å²) in [6, 6.07) is 0.694. The molecule has 0 aliphatic heterocycles. The van der Waals surface area contributed by atoms with Crippen molar-refractivity contribution >= 4 is 11.3 Å². The largest absolute Gasteiger partial charge is 0.382 e. The predicted octanol–water partition coefficient (Wildman–Crippen LogP) is 2.15. The molecule has 1 unspecified atom stereocenters. The second kappa shape index (κ2) is 4.09. The molecule has 2 aliphatic rings. The molecule has 1 heterocycles. The normalized spacial score (nSPS) is 24.3. The SMILES string of the molecule is COCC(NC1CC1)(c1nccs1)C1CC1. The van der Waals surface area contributed by atoms with Gasteiger partial charge in [-0.05, 0) is 31.6 Å². The maximum absolute atomic E-state index is 5.47. The Morgan fingerprint density at radius 3 is 2.81 bits per heavy atom. The van der Waals surface area contributed by atoms with Gasteiger partial charge in [0.2, 0.25) is 0 Å². The first-order valence-electron chi connectivity index (χ1n) is 6.02. The van der Waals surface area contributed by atoms with E-state index in [9.17, 15) is 0 Å². The van der Waals surface area contributed by atoms with E-state index in [0.29, 0.717) is 6.04 Å². The topological polar surface area (TPSA) is 34.1 Å². The molecule has 2 aliphatic carbocycles. The van der Waals surface area contributed by atoms with Gasteiger partial charge >= 0.3 is 0 Å². The lowest BCUT2D eigenvalue weighted by molar-refractivity contribution is 0.0909. The zero-order valence-electron chi connectivity index (χ0n) is 9.61. The number of nitrogens with zero attached hydrogens (tertiary/aromatic N) is 1. The second-order valence-corrected chi connectivity index (χ2v) is 5.83. The van der Waals surface area contributed by atoms with E-state index in [4.69, 9.17) is 4.74 Å². The van der Waals surface area contributed by atoms with Crippen LogP contribution in [0.25, 0.3) is 0 Å². The molecule has 88 valence electrons. The zero-order valence-corrected chi connectivity index (χ0v) is 10.4. The van der Waals surface area contributed by atoms with E-state index in [1.807, 2.05) is 6.20 Å².